The molecule has 0 radical (unpaired) electrons. The first-order valence-electron chi connectivity index (χ1n) is 12.7. The number of aromatic carboxylic acids is 2. The average Bonchev–Trinajstić information content (AvgIpc) is 2.80. The van der Waals surface area contributed by atoms with E-state index in [-0.39, 0.29) is 12.4 Å². The smallest absolute Gasteiger partial charge is 0.342 e. The summed E-state index contributed by atoms with van der Waals surface area (Å²) in [6, 6.07) is 2.32. The van der Waals surface area contributed by atoms with E-state index in [1.807, 2.05) is 0 Å². The van der Waals surface area contributed by atoms with Crippen LogP contribution in [0.15, 0.2) is 12.1 Å². The van der Waals surface area contributed by atoms with Gasteiger partial charge in [-0.05, 0) is 18.6 Å². The molecule has 0 bridgehead atoms. The van der Waals surface area contributed by atoms with Crippen LogP contribution >= 0.6 is 19.8 Å². The molecule has 1 aromatic carbocycles. The molecule has 0 saturated heterocycles. The number of unbranched alkanes of at least 4 members (excludes halogenated alkanes) is 15. The van der Waals surface area contributed by atoms with Crippen molar-refractivity contribution in [2.45, 2.75) is 110 Å². The first-order chi connectivity index (χ1) is 16.4. The summed E-state index contributed by atoms with van der Waals surface area (Å²) in [6.07, 6.45) is 20.0. The van der Waals surface area contributed by atoms with E-state index >= 15 is 0 Å². The molecule has 1 rings (SSSR count). The van der Waals surface area contributed by atoms with E-state index in [1.54, 1.807) is 0 Å². The number of carboxylic acid groups (broad SMARTS) is 2. The molecule has 0 aliphatic rings. The molecule has 0 atom stereocenters. The van der Waals surface area contributed by atoms with Gasteiger partial charge >= 0.3 is 31.7 Å². The lowest BCUT2D eigenvalue weighted by Gasteiger charge is -2.11. The SMILES string of the molecule is CCCCCCCCCCCCCCCCCCOc1ccc(C(=O)O)c(I(=O)=O)c1C(=O)O. The Kier molecular flexibility index (Phi) is 16.6. The molecule has 0 spiro atoms. The summed E-state index contributed by atoms with van der Waals surface area (Å²) in [6.45, 7) is 2.51. The zero-order valence-electron chi connectivity index (χ0n) is 20.5. The highest BCUT2D eigenvalue weighted by Crippen LogP contribution is 2.33. The van der Waals surface area contributed by atoms with Crippen molar-refractivity contribution in [2.24, 2.45) is 0 Å². The van der Waals surface area contributed by atoms with Gasteiger partial charge in [-0.25, -0.2) is 15.7 Å². The Hall–Kier alpha value is -1.71. The fourth-order valence-corrected chi connectivity index (χ4v) is 5.86. The van der Waals surface area contributed by atoms with E-state index in [0.717, 1.165) is 31.7 Å². The second kappa shape index (κ2) is 18.6. The Morgan fingerprint density at radius 3 is 1.53 bits per heavy atom. The molecule has 8 heteroatoms. The first kappa shape index (κ1) is 30.3. The van der Waals surface area contributed by atoms with Crippen LogP contribution in [0.5, 0.6) is 5.75 Å². The molecular weight excluding hydrogens is 551 g/mol. The van der Waals surface area contributed by atoms with Crippen LogP contribution in [0.1, 0.15) is 130 Å². The molecule has 1 aromatic rings. The fourth-order valence-electron chi connectivity index (χ4n) is 4.04. The Labute approximate surface area is 210 Å². The Morgan fingerprint density at radius 2 is 1.15 bits per heavy atom. The van der Waals surface area contributed by atoms with Crippen LogP contribution in [0, 0.1) is 3.57 Å². The standard InChI is InChI=1S/C26H41IO7/c1-2-3-4-5-6-7-8-9-10-11-12-13-14-15-16-17-20-34-22-19-18-21(25(28)29)24(27(32)33)23(22)26(30)31/h18-19H,2-17,20H2,1H3,(H,28,29)(H,30,31). The van der Waals surface area contributed by atoms with Crippen LogP contribution in [-0.4, -0.2) is 28.8 Å². The van der Waals surface area contributed by atoms with Gasteiger partial charge in [-0.2, -0.15) is 0 Å². The lowest BCUT2D eigenvalue weighted by atomic mass is 10.0. The summed E-state index contributed by atoms with van der Waals surface area (Å²) in [5.74, 6) is -3.08. The Bertz CT molecular complexity index is 810. The number of carbonyl (C=O) groups is 2. The number of ether oxygens (including phenoxy) is 1. The van der Waals surface area contributed by atoms with E-state index in [4.69, 9.17) is 9.84 Å². The Morgan fingerprint density at radius 1 is 0.706 bits per heavy atom. The van der Waals surface area contributed by atoms with Gasteiger partial charge in [0, 0.05) is 0 Å². The molecule has 0 heterocycles. The fraction of sp³-hybridized carbons (Fsp3) is 0.692. The van der Waals surface area contributed by atoms with Gasteiger partial charge in [0.15, 0.2) is 0 Å². The molecule has 0 fully saturated rings. The molecule has 0 aromatic heterocycles. The normalized spacial score (nSPS) is 11.1. The molecule has 0 saturated carbocycles. The lowest BCUT2D eigenvalue weighted by molar-refractivity contribution is 0.0690. The highest BCUT2D eigenvalue weighted by Gasteiger charge is 2.26. The van der Waals surface area contributed by atoms with Crippen molar-refractivity contribution in [1.82, 2.24) is 0 Å². The molecule has 7 nitrogen and oxygen atoms in total. The summed E-state index contributed by atoms with van der Waals surface area (Å²) in [5, 5.41) is 18.6. The quantitative estimate of drug-likeness (QED) is 0.109. The third-order valence-electron chi connectivity index (χ3n) is 5.96. The summed E-state index contributed by atoms with van der Waals surface area (Å²) in [7, 11) is 0. The number of benzene rings is 1. The zero-order chi connectivity index (χ0) is 25.2. The summed E-state index contributed by atoms with van der Waals surface area (Å²) in [4.78, 5) is 22.8. The maximum atomic E-state index is 11.6. The number of hydrogen-bond acceptors (Lipinski definition) is 5. The molecule has 2 N–H and O–H groups in total. The van der Waals surface area contributed by atoms with Crippen molar-refractivity contribution in [3.8, 4) is 5.75 Å². The largest absolute Gasteiger partial charge is 0.493 e. The maximum Gasteiger partial charge on any atom is 0.342 e. The second-order valence-electron chi connectivity index (χ2n) is 8.78. The highest BCUT2D eigenvalue weighted by molar-refractivity contribution is 14.2. The second-order valence-corrected chi connectivity index (χ2v) is 11.1. The van der Waals surface area contributed by atoms with Gasteiger partial charge in [-0.3, -0.25) is 0 Å². The van der Waals surface area contributed by atoms with Crippen LogP contribution in [0.25, 0.3) is 0 Å². The zero-order valence-corrected chi connectivity index (χ0v) is 22.6. The van der Waals surface area contributed by atoms with Crippen molar-refractivity contribution in [3.05, 3.63) is 26.8 Å². The molecule has 0 unspecified atom stereocenters. The van der Waals surface area contributed by atoms with E-state index < -0.39 is 46.4 Å². The molecule has 0 aliphatic carbocycles. The van der Waals surface area contributed by atoms with Gasteiger partial charge in [-0.1, -0.05) is 103 Å². The topological polar surface area (TPSA) is 118 Å². The Balaban J connectivity index is 2.18. The van der Waals surface area contributed by atoms with Crippen LogP contribution in [0.2, 0.25) is 0 Å². The van der Waals surface area contributed by atoms with E-state index in [1.165, 1.54) is 83.1 Å². The first-order valence-corrected chi connectivity index (χ1v) is 15.6. The van der Waals surface area contributed by atoms with Gasteiger partial charge < -0.3 is 14.9 Å². The predicted octanol–water partition coefficient (Wildman–Crippen LogP) is 8.09. The molecule has 0 aliphatic heterocycles. The predicted molar refractivity (Wildman–Crippen MR) is 139 cm³/mol. The van der Waals surface area contributed by atoms with Crippen molar-refractivity contribution in [3.63, 3.8) is 0 Å². The number of rotatable bonds is 21. The summed E-state index contributed by atoms with van der Waals surface area (Å²) >= 11 is -4.36. The van der Waals surface area contributed by atoms with Crippen molar-refractivity contribution < 1.29 is 30.7 Å². The summed E-state index contributed by atoms with van der Waals surface area (Å²) < 4.78 is 28.1. The van der Waals surface area contributed by atoms with Crippen molar-refractivity contribution in [1.29, 1.82) is 0 Å². The number of halogens is 1. The monoisotopic (exact) mass is 592 g/mol. The van der Waals surface area contributed by atoms with E-state index in [2.05, 4.69) is 6.92 Å². The van der Waals surface area contributed by atoms with Crippen molar-refractivity contribution >= 4 is 31.7 Å². The minimum atomic E-state index is -4.36. The average molecular weight is 593 g/mol. The molecular formula is C26H41IO7. The minimum absolute atomic E-state index is 0.0949. The molecule has 194 valence electrons. The van der Waals surface area contributed by atoms with Crippen LogP contribution in [0.4, 0.5) is 0 Å². The molecule has 34 heavy (non-hydrogen) atoms. The third-order valence-corrected chi connectivity index (χ3v) is 7.96. The minimum Gasteiger partial charge on any atom is -0.493 e. The maximum absolute atomic E-state index is 11.6. The highest BCUT2D eigenvalue weighted by atomic mass is 127. The van der Waals surface area contributed by atoms with Gasteiger partial charge in [0.05, 0.1) is 12.2 Å². The lowest BCUT2D eigenvalue weighted by Crippen LogP contribution is -2.11. The number of hydrogen-bond donors (Lipinski definition) is 2. The van der Waals surface area contributed by atoms with Gasteiger partial charge in [0.2, 0.25) is 0 Å². The van der Waals surface area contributed by atoms with E-state index in [9.17, 15) is 20.8 Å². The van der Waals surface area contributed by atoms with Crippen LogP contribution in [-0.2, 0) is 6.14 Å². The van der Waals surface area contributed by atoms with E-state index in [0.29, 0.717) is 0 Å². The summed E-state index contributed by atoms with van der Waals surface area (Å²) in [5.41, 5.74) is -1.10. The third kappa shape index (κ3) is 12.1. The van der Waals surface area contributed by atoms with Crippen LogP contribution < -0.4 is 4.74 Å². The van der Waals surface area contributed by atoms with Crippen molar-refractivity contribution in [2.75, 3.05) is 6.61 Å². The number of carboxylic acids is 2. The van der Waals surface area contributed by atoms with Gasteiger partial charge in [0.1, 0.15) is 14.9 Å². The van der Waals surface area contributed by atoms with Gasteiger partial charge in [0.25, 0.3) is 0 Å². The molecule has 0 amide bonds. The van der Waals surface area contributed by atoms with Crippen LogP contribution in [0.3, 0.4) is 0 Å². The van der Waals surface area contributed by atoms with Gasteiger partial charge in [-0.15, -0.1) is 0 Å².